The largest absolute Gasteiger partial charge is 0.478 e. The first-order chi connectivity index (χ1) is 11.2. The van der Waals surface area contributed by atoms with Crippen LogP contribution in [0.2, 0.25) is 0 Å². The number of nitrogens with one attached hydrogen (secondary N) is 1. The molecule has 0 saturated carbocycles. The number of amides is 1. The topological polar surface area (TPSA) is 92.4 Å². The van der Waals surface area contributed by atoms with E-state index in [9.17, 15) is 22.8 Å². The van der Waals surface area contributed by atoms with Gasteiger partial charge in [0.15, 0.2) is 0 Å². The number of benzene rings is 1. The van der Waals surface area contributed by atoms with Crippen LogP contribution in [-0.4, -0.2) is 22.1 Å². The zero-order valence-electron chi connectivity index (χ0n) is 12.5. The Morgan fingerprint density at radius 1 is 1.29 bits per heavy atom. The first-order valence-electron chi connectivity index (χ1n) is 6.89. The van der Waals surface area contributed by atoms with Crippen molar-refractivity contribution in [3.8, 4) is 0 Å². The van der Waals surface area contributed by atoms with Crippen molar-refractivity contribution in [1.82, 2.24) is 10.5 Å². The number of aromatic carboxylic acids is 1. The number of alkyl halides is 3. The van der Waals surface area contributed by atoms with Crippen molar-refractivity contribution in [1.29, 1.82) is 0 Å². The molecule has 0 bridgehead atoms. The van der Waals surface area contributed by atoms with Crippen LogP contribution in [0.3, 0.4) is 0 Å². The lowest BCUT2D eigenvalue weighted by molar-refractivity contribution is -0.137. The van der Waals surface area contributed by atoms with Gasteiger partial charge in [-0.2, -0.15) is 13.2 Å². The summed E-state index contributed by atoms with van der Waals surface area (Å²) in [6.45, 7) is 1.72. The lowest BCUT2D eigenvalue weighted by atomic mass is 10.0. The zero-order valence-corrected chi connectivity index (χ0v) is 12.5. The molecule has 128 valence electrons. The van der Waals surface area contributed by atoms with Crippen molar-refractivity contribution in [2.75, 3.05) is 0 Å². The van der Waals surface area contributed by atoms with Crippen molar-refractivity contribution in [3.05, 3.63) is 52.4 Å². The summed E-state index contributed by atoms with van der Waals surface area (Å²) in [5.41, 5.74) is -2.15. The number of aryl methyl sites for hydroxylation is 1. The van der Waals surface area contributed by atoms with Gasteiger partial charge in [0.2, 0.25) is 0 Å². The highest BCUT2D eigenvalue weighted by Gasteiger charge is 2.36. The van der Waals surface area contributed by atoms with Crippen molar-refractivity contribution in [2.45, 2.75) is 26.1 Å². The zero-order chi connectivity index (χ0) is 17.9. The molecular weight excluding hydrogens is 329 g/mol. The molecule has 0 aliphatic heterocycles. The Kier molecular flexibility index (Phi) is 4.91. The van der Waals surface area contributed by atoms with E-state index in [2.05, 4.69) is 10.5 Å². The minimum absolute atomic E-state index is 0.111. The Bertz CT molecular complexity index is 768. The minimum Gasteiger partial charge on any atom is -0.478 e. The molecule has 6 nitrogen and oxygen atoms in total. The molecule has 0 unspecified atom stereocenters. The Balaban J connectivity index is 2.23. The molecule has 9 heteroatoms. The number of nitrogens with zero attached hydrogens (tertiary/aromatic N) is 1. The van der Waals surface area contributed by atoms with Gasteiger partial charge in [-0.25, -0.2) is 4.79 Å². The van der Waals surface area contributed by atoms with Crippen molar-refractivity contribution >= 4 is 11.9 Å². The summed E-state index contributed by atoms with van der Waals surface area (Å²) in [6.07, 6.45) is -4.27. The van der Waals surface area contributed by atoms with Crippen LogP contribution in [0.5, 0.6) is 0 Å². The van der Waals surface area contributed by atoms with Gasteiger partial charge in [-0.05, 0) is 18.2 Å². The van der Waals surface area contributed by atoms with E-state index in [0.717, 1.165) is 12.1 Å². The van der Waals surface area contributed by atoms with Gasteiger partial charge in [-0.15, -0.1) is 0 Å². The average molecular weight is 342 g/mol. The maximum atomic E-state index is 13.1. The lowest BCUT2D eigenvalue weighted by Gasteiger charge is -2.13. The SMILES string of the molecule is CCc1cc(CNC(=O)c2ccc(C(=O)O)cc2C(F)(F)F)no1. The fraction of sp³-hybridized carbons (Fsp3) is 0.267. The molecule has 0 aliphatic carbocycles. The molecule has 0 fully saturated rings. The molecule has 1 aromatic heterocycles. The van der Waals surface area contributed by atoms with Crippen LogP contribution in [0, 0.1) is 0 Å². The van der Waals surface area contributed by atoms with Crippen LogP contribution in [-0.2, 0) is 19.1 Å². The monoisotopic (exact) mass is 342 g/mol. The number of carboxylic acids is 1. The summed E-state index contributed by atoms with van der Waals surface area (Å²) in [5.74, 6) is -1.91. The van der Waals surface area contributed by atoms with Crippen molar-refractivity contribution < 1.29 is 32.4 Å². The van der Waals surface area contributed by atoms with Crippen LogP contribution in [0.1, 0.15) is 44.7 Å². The number of halogens is 3. The summed E-state index contributed by atoms with van der Waals surface area (Å²) < 4.78 is 44.1. The molecule has 2 rings (SSSR count). The number of rotatable bonds is 5. The van der Waals surface area contributed by atoms with E-state index in [4.69, 9.17) is 9.63 Å². The number of carboxylic acid groups (broad SMARTS) is 1. The highest BCUT2D eigenvalue weighted by atomic mass is 19.4. The van der Waals surface area contributed by atoms with Gasteiger partial charge in [-0.1, -0.05) is 12.1 Å². The van der Waals surface area contributed by atoms with E-state index < -0.39 is 34.7 Å². The highest BCUT2D eigenvalue weighted by molar-refractivity contribution is 5.97. The van der Waals surface area contributed by atoms with E-state index in [0.29, 0.717) is 23.9 Å². The summed E-state index contributed by atoms with van der Waals surface area (Å²) in [7, 11) is 0. The molecular formula is C15H13F3N2O4. The third kappa shape index (κ3) is 3.92. The van der Waals surface area contributed by atoms with Gasteiger partial charge in [0.05, 0.1) is 23.2 Å². The number of hydrogen-bond donors (Lipinski definition) is 2. The minimum atomic E-state index is -4.86. The van der Waals surface area contributed by atoms with Gasteiger partial charge in [0, 0.05) is 12.5 Å². The van der Waals surface area contributed by atoms with Crippen molar-refractivity contribution in [3.63, 3.8) is 0 Å². The fourth-order valence-electron chi connectivity index (χ4n) is 1.98. The quantitative estimate of drug-likeness (QED) is 0.872. The summed E-state index contributed by atoms with van der Waals surface area (Å²) in [5, 5.41) is 14.8. The van der Waals surface area contributed by atoms with Gasteiger partial charge in [-0.3, -0.25) is 4.79 Å². The average Bonchev–Trinajstić information content (AvgIpc) is 2.99. The Morgan fingerprint density at radius 3 is 2.54 bits per heavy atom. The molecule has 0 radical (unpaired) electrons. The van der Waals surface area contributed by atoms with Crippen LogP contribution < -0.4 is 5.32 Å². The lowest BCUT2D eigenvalue weighted by Crippen LogP contribution is -2.26. The third-order valence-electron chi connectivity index (χ3n) is 3.20. The first kappa shape index (κ1) is 17.5. The first-order valence-corrected chi connectivity index (χ1v) is 6.89. The van der Waals surface area contributed by atoms with Crippen LogP contribution >= 0.6 is 0 Å². The summed E-state index contributed by atoms with van der Waals surface area (Å²) in [6, 6.07) is 3.79. The summed E-state index contributed by atoms with van der Waals surface area (Å²) in [4.78, 5) is 22.8. The number of carbonyl (C=O) groups is 2. The fourth-order valence-corrected chi connectivity index (χ4v) is 1.98. The van der Waals surface area contributed by atoms with Crippen molar-refractivity contribution in [2.24, 2.45) is 0 Å². The van der Waals surface area contributed by atoms with Gasteiger partial charge in [0.1, 0.15) is 11.5 Å². The molecule has 0 saturated heterocycles. The standard InChI is InChI=1S/C15H13F3N2O4/c1-2-10-6-9(20-24-10)7-19-13(21)11-4-3-8(14(22)23)5-12(11)15(16,17)18/h3-6H,2,7H2,1H3,(H,19,21)(H,22,23). The molecule has 0 atom stereocenters. The van der Waals surface area contributed by atoms with Gasteiger partial charge >= 0.3 is 12.1 Å². The predicted octanol–water partition coefficient (Wildman–Crippen LogP) is 2.88. The Labute approximate surface area is 134 Å². The highest BCUT2D eigenvalue weighted by Crippen LogP contribution is 2.32. The van der Waals surface area contributed by atoms with E-state index in [1.165, 1.54) is 0 Å². The second-order valence-electron chi connectivity index (χ2n) is 4.88. The van der Waals surface area contributed by atoms with E-state index >= 15 is 0 Å². The maximum Gasteiger partial charge on any atom is 0.417 e. The number of aromatic nitrogens is 1. The number of carbonyl (C=O) groups excluding carboxylic acids is 1. The molecule has 2 N–H and O–H groups in total. The van der Waals surface area contributed by atoms with E-state index in [1.807, 2.05) is 6.92 Å². The third-order valence-corrected chi connectivity index (χ3v) is 3.20. The van der Waals surface area contributed by atoms with E-state index in [1.54, 1.807) is 6.07 Å². The maximum absolute atomic E-state index is 13.1. The smallest absolute Gasteiger partial charge is 0.417 e. The Hall–Kier alpha value is -2.84. The normalized spacial score (nSPS) is 11.3. The second kappa shape index (κ2) is 6.73. The summed E-state index contributed by atoms with van der Waals surface area (Å²) >= 11 is 0. The molecule has 1 aromatic carbocycles. The second-order valence-corrected chi connectivity index (χ2v) is 4.88. The molecule has 0 spiro atoms. The molecule has 1 amide bonds. The van der Waals surface area contributed by atoms with Crippen LogP contribution in [0.25, 0.3) is 0 Å². The molecule has 1 heterocycles. The predicted molar refractivity (Wildman–Crippen MR) is 75.5 cm³/mol. The van der Waals surface area contributed by atoms with Gasteiger partial charge < -0.3 is 14.9 Å². The van der Waals surface area contributed by atoms with Crippen LogP contribution in [0.4, 0.5) is 13.2 Å². The van der Waals surface area contributed by atoms with E-state index in [-0.39, 0.29) is 6.54 Å². The van der Waals surface area contributed by atoms with Gasteiger partial charge in [0.25, 0.3) is 5.91 Å². The molecule has 24 heavy (non-hydrogen) atoms. The molecule has 2 aromatic rings. The number of hydrogen-bond acceptors (Lipinski definition) is 4. The Morgan fingerprint density at radius 2 is 2.00 bits per heavy atom. The molecule has 0 aliphatic rings. The van der Waals surface area contributed by atoms with Crippen LogP contribution in [0.15, 0.2) is 28.8 Å².